The number of hydrogen-bond acceptors (Lipinski definition) is 4. The lowest BCUT2D eigenvalue weighted by atomic mass is 9.86. The Morgan fingerprint density at radius 3 is 2.30 bits per heavy atom. The SMILES string of the molecule is COC(=O)c1cccc(C(CCN(C(C)C)C(C)C)c2ccccc2O)c1. The van der Waals surface area contributed by atoms with Gasteiger partial charge < -0.3 is 9.84 Å². The molecule has 4 nitrogen and oxygen atoms in total. The van der Waals surface area contributed by atoms with E-state index in [0.717, 1.165) is 24.1 Å². The van der Waals surface area contributed by atoms with Crippen LogP contribution in [-0.2, 0) is 4.74 Å². The zero-order valence-corrected chi connectivity index (χ0v) is 17.0. The maximum atomic E-state index is 12.0. The summed E-state index contributed by atoms with van der Waals surface area (Å²) in [7, 11) is 1.39. The summed E-state index contributed by atoms with van der Waals surface area (Å²) in [6.07, 6.45) is 0.846. The average Bonchev–Trinajstić information content (AvgIpc) is 2.65. The molecule has 0 amide bonds. The summed E-state index contributed by atoms with van der Waals surface area (Å²) in [6, 6.07) is 15.8. The number of carbonyl (C=O) groups excluding carboxylic acids is 1. The minimum Gasteiger partial charge on any atom is -0.508 e. The monoisotopic (exact) mass is 369 g/mol. The van der Waals surface area contributed by atoms with E-state index in [1.807, 2.05) is 36.4 Å². The number of benzene rings is 2. The van der Waals surface area contributed by atoms with Crippen LogP contribution >= 0.6 is 0 Å². The molecule has 0 saturated carbocycles. The van der Waals surface area contributed by atoms with Crippen LogP contribution in [0.5, 0.6) is 5.75 Å². The molecule has 0 fully saturated rings. The van der Waals surface area contributed by atoms with Crippen LogP contribution in [0, 0.1) is 0 Å². The molecule has 0 aromatic heterocycles. The summed E-state index contributed by atoms with van der Waals surface area (Å²) < 4.78 is 4.87. The summed E-state index contributed by atoms with van der Waals surface area (Å²) in [5.74, 6) is -0.0682. The zero-order valence-electron chi connectivity index (χ0n) is 17.0. The van der Waals surface area contributed by atoms with Crippen molar-refractivity contribution in [3.8, 4) is 5.75 Å². The van der Waals surface area contributed by atoms with Crippen molar-refractivity contribution >= 4 is 5.97 Å². The van der Waals surface area contributed by atoms with Gasteiger partial charge in [-0.3, -0.25) is 4.90 Å². The zero-order chi connectivity index (χ0) is 20.0. The van der Waals surface area contributed by atoms with Gasteiger partial charge in [-0.05, 0) is 64.4 Å². The molecule has 27 heavy (non-hydrogen) atoms. The number of methoxy groups -OCH3 is 1. The molecular formula is C23H31NO3. The van der Waals surface area contributed by atoms with Gasteiger partial charge >= 0.3 is 5.97 Å². The fourth-order valence-electron chi connectivity index (χ4n) is 3.68. The third kappa shape index (κ3) is 5.33. The maximum absolute atomic E-state index is 12.0. The average molecular weight is 370 g/mol. The number of hydrogen-bond donors (Lipinski definition) is 1. The standard InChI is InChI=1S/C23H31NO3/c1-16(2)24(17(3)4)14-13-20(21-11-6-7-12-22(21)25)18-9-8-10-19(15-18)23(26)27-5/h6-12,15-17,20,25H,13-14H2,1-5H3. The smallest absolute Gasteiger partial charge is 0.337 e. The summed E-state index contributed by atoms with van der Waals surface area (Å²) in [6.45, 7) is 9.70. The van der Waals surface area contributed by atoms with Gasteiger partial charge in [-0.2, -0.15) is 0 Å². The molecule has 1 unspecified atom stereocenters. The summed E-state index contributed by atoms with van der Waals surface area (Å²) in [4.78, 5) is 14.4. The Bertz CT molecular complexity index is 747. The summed E-state index contributed by atoms with van der Waals surface area (Å²) >= 11 is 0. The highest BCUT2D eigenvalue weighted by Crippen LogP contribution is 2.34. The van der Waals surface area contributed by atoms with Gasteiger partial charge in [0.25, 0.3) is 0 Å². The summed E-state index contributed by atoms with van der Waals surface area (Å²) in [5, 5.41) is 10.4. The van der Waals surface area contributed by atoms with E-state index >= 15 is 0 Å². The fourth-order valence-corrected chi connectivity index (χ4v) is 3.68. The van der Waals surface area contributed by atoms with Gasteiger partial charge in [0.2, 0.25) is 0 Å². The van der Waals surface area contributed by atoms with Crippen LogP contribution in [0.4, 0.5) is 0 Å². The van der Waals surface area contributed by atoms with E-state index in [1.165, 1.54) is 7.11 Å². The molecule has 0 bridgehead atoms. The van der Waals surface area contributed by atoms with E-state index in [9.17, 15) is 9.90 Å². The Morgan fingerprint density at radius 1 is 1.04 bits per heavy atom. The Labute approximate surface area is 162 Å². The van der Waals surface area contributed by atoms with Gasteiger partial charge in [0.05, 0.1) is 12.7 Å². The highest BCUT2D eigenvalue weighted by atomic mass is 16.5. The Morgan fingerprint density at radius 2 is 1.70 bits per heavy atom. The molecule has 0 aliphatic heterocycles. The van der Waals surface area contributed by atoms with Crippen LogP contribution in [0.2, 0.25) is 0 Å². The van der Waals surface area contributed by atoms with Crippen LogP contribution in [-0.4, -0.2) is 41.7 Å². The quantitative estimate of drug-likeness (QED) is 0.678. The normalized spacial score (nSPS) is 12.6. The molecule has 146 valence electrons. The lowest BCUT2D eigenvalue weighted by molar-refractivity contribution is 0.0600. The van der Waals surface area contributed by atoms with E-state index in [2.05, 4.69) is 32.6 Å². The lowest BCUT2D eigenvalue weighted by Gasteiger charge is -2.32. The maximum Gasteiger partial charge on any atom is 0.337 e. The number of ether oxygens (including phenoxy) is 1. The number of phenolic OH excluding ortho intramolecular Hbond substituents is 1. The number of nitrogens with zero attached hydrogens (tertiary/aromatic N) is 1. The van der Waals surface area contributed by atoms with E-state index in [0.29, 0.717) is 17.6 Å². The van der Waals surface area contributed by atoms with Crippen molar-refractivity contribution in [2.24, 2.45) is 0 Å². The minimum absolute atomic E-state index is 0.00388. The first-order valence-electron chi connectivity index (χ1n) is 9.57. The molecule has 0 aliphatic carbocycles. The van der Waals surface area contributed by atoms with Crippen LogP contribution in [0.15, 0.2) is 48.5 Å². The minimum atomic E-state index is -0.348. The van der Waals surface area contributed by atoms with Crippen molar-refractivity contribution in [1.82, 2.24) is 4.90 Å². The Balaban J connectivity index is 2.39. The molecule has 2 aromatic carbocycles. The third-order valence-corrected chi connectivity index (χ3v) is 5.02. The predicted octanol–water partition coefficient (Wildman–Crippen LogP) is 4.82. The van der Waals surface area contributed by atoms with Gasteiger partial charge in [-0.15, -0.1) is 0 Å². The number of esters is 1. The second-order valence-corrected chi connectivity index (χ2v) is 7.44. The number of rotatable bonds is 8. The van der Waals surface area contributed by atoms with Crippen LogP contribution < -0.4 is 0 Å². The molecule has 0 saturated heterocycles. The van der Waals surface area contributed by atoms with Crippen molar-refractivity contribution in [3.05, 3.63) is 65.2 Å². The predicted molar refractivity (Wildman–Crippen MR) is 109 cm³/mol. The molecular weight excluding hydrogens is 338 g/mol. The van der Waals surface area contributed by atoms with Crippen molar-refractivity contribution < 1.29 is 14.6 Å². The first kappa shape index (κ1) is 21.0. The van der Waals surface area contributed by atoms with Crippen LogP contribution in [0.25, 0.3) is 0 Å². The number of carbonyl (C=O) groups is 1. The third-order valence-electron chi connectivity index (χ3n) is 5.02. The Hall–Kier alpha value is -2.33. The van der Waals surface area contributed by atoms with Crippen molar-refractivity contribution in [2.45, 2.75) is 52.1 Å². The van der Waals surface area contributed by atoms with E-state index in [1.54, 1.807) is 12.1 Å². The van der Waals surface area contributed by atoms with Gasteiger partial charge in [0, 0.05) is 23.6 Å². The fraction of sp³-hybridized carbons (Fsp3) is 0.435. The molecule has 0 radical (unpaired) electrons. The Kier molecular flexibility index (Phi) is 7.43. The van der Waals surface area contributed by atoms with E-state index in [-0.39, 0.29) is 17.6 Å². The highest BCUT2D eigenvalue weighted by Gasteiger charge is 2.22. The topological polar surface area (TPSA) is 49.8 Å². The van der Waals surface area contributed by atoms with E-state index in [4.69, 9.17) is 4.74 Å². The molecule has 0 spiro atoms. The van der Waals surface area contributed by atoms with Crippen LogP contribution in [0.1, 0.15) is 61.5 Å². The molecule has 0 heterocycles. The van der Waals surface area contributed by atoms with Gasteiger partial charge in [-0.25, -0.2) is 4.79 Å². The molecule has 1 N–H and O–H groups in total. The van der Waals surface area contributed by atoms with Gasteiger partial charge in [0.1, 0.15) is 5.75 Å². The van der Waals surface area contributed by atoms with Crippen molar-refractivity contribution in [3.63, 3.8) is 0 Å². The molecule has 2 rings (SSSR count). The second kappa shape index (κ2) is 9.56. The molecule has 4 heteroatoms. The van der Waals surface area contributed by atoms with Crippen molar-refractivity contribution in [2.75, 3.05) is 13.7 Å². The van der Waals surface area contributed by atoms with Gasteiger partial charge in [-0.1, -0.05) is 30.3 Å². The molecule has 0 aliphatic rings. The largest absolute Gasteiger partial charge is 0.508 e. The number of para-hydroxylation sites is 1. The lowest BCUT2D eigenvalue weighted by Crippen LogP contribution is -2.38. The number of phenols is 1. The first-order valence-corrected chi connectivity index (χ1v) is 9.57. The van der Waals surface area contributed by atoms with Crippen molar-refractivity contribution in [1.29, 1.82) is 0 Å². The second-order valence-electron chi connectivity index (χ2n) is 7.44. The van der Waals surface area contributed by atoms with Gasteiger partial charge in [0.15, 0.2) is 0 Å². The van der Waals surface area contributed by atoms with E-state index < -0.39 is 0 Å². The molecule has 1 atom stereocenters. The summed E-state index contributed by atoms with van der Waals surface area (Å²) in [5.41, 5.74) is 2.42. The molecule has 2 aromatic rings. The number of aromatic hydroxyl groups is 1. The van der Waals surface area contributed by atoms with Crippen LogP contribution in [0.3, 0.4) is 0 Å². The highest BCUT2D eigenvalue weighted by molar-refractivity contribution is 5.89. The first-order chi connectivity index (χ1) is 12.8.